The Morgan fingerprint density at radius 3 is 2.84 bits per heavy atom. The average molecular weight is 278 g/mol. The molecule has 0 aliphatic carbocycles. The molecule has 0 bridgehead atoms. The van der Waals surface area contributed by atoms with Crippen molar-refractivity contribution >= 4 is 40.1 Å². The molecule has 0 amide bonds. The Hall–Kier alpha value is -2.27. The molecule has 0 aliphatic rings. The number of nitrogens with zero attached hydrogens (tertiary/aromatic N) is 1. The summed E-state index contributed by atoms with van der Waals surface area (Å²) in [5.41, 5.74) is 7.66. The number of halogens is 2. The van der Waals surface area contributed by atoms with Crippen LogP contribution in [0.4, 0.5) is 21.8 Å². The SMILES string of the molecule is Nc1ccc2oc(Nc3ccc(Cl)cc3F)nc2c1. The molecule has 0 saturated heterocycles. The van der Waals surface area contributed by atoms with E-state index in [0.29, 0.717) is 21.8 Å². The summed E-state index contributed by atoms with van der Waals surface area (Å²) < 4.78 is 19.1. The summed E-state index contributed by atoms with van der Waals surface area (Å²) in [6, 6.07) is 9.60. The van der Waals surface area contributed by atoms with Gasteiger partial charge in [0.15, 0.2) is 5.58 Å². The monoisotopic (exact) mass is 277 g/mol. The second kappa shape index (κ2) is 4.44. The van der Waals surface area contributed by atoms with Gasteiger partial charge in [0.25, 0.3) is 6.01 Å². The summed E-state index contributed by atoms with van der Waals surface area (Å²) in [5.74, 6) is -0.478. The molecule has 4 nitrogen and oxygen atoms in total. The highest BCUT2D eigenvalue weighted by Gasteiger charge is 2.09. The summed E-state index contributed by atoms with van der Waals surface area (Å²) in [7, 11) is 0. The lowest BCUT2D eigenvalue weighted by Gasteiger charge is -2.02. The van der Waals surface area contributed by atoms with Crippen molar-refractivity contribution in [3.63, 3.8) is 0 Å². The molecule has 19 heavy (non-hydrogen) atoms. The molecule has 3 N–H and O–H groups in total. The second-order valence-electron chi connectivity index (χ2n) is 4.00. The van der Waals surface area contributed by atoms with Crippen LogP contribution < -0.4 is 11.1 Å². The van der Waals surface area contributed by atoms with E-state index < -0.39 is 5.82 Å². The van der Waals surface area contributed by atoms with E-state index in [2.05, 4.69) is 10.3 Å². The molecule has 3 rings (SSSR count). The number of hydrogen-bond acceptors (Lipinski definition) is 4. The highest BCUT2D eigenvalue weighted by molar-refractivity contribution is 6.30. The molecular weight excluding hydrogens is 269 g/mol. The predicted molar refractivity (Wildman–Crippen MR) is 73.1 cm³/mol. The Kier molecular flexibility index (Phi) is 2.76. The minimum atomic E-state index is -0.478. The number of aromatic nitrogens is 1. The van der Waals surface area contributed by atoms with Crippen molar-refractivity contribution in [3.05, 3.63) is 47.2 Å². The number of nitrogens with two attached hydrogens (primary N) is 1. The lowest BCUT2D eigenvalue weighted by molar-refractivity contribution is 0.611. The molecule has 1 heterocycles. The van der Waals surface area contributed by atoms with E-state index >= 15 is 0 Å². The topological polar surface area (TPSA) is 64.1 Å². The van der Waals surface area contributed by atoms with Crippen molar-refractivity contribution in [3.8, 4) is 0 Å². The first-order valence-electron chi connectivity index (χ1n) is 5.50. The van der Waals surface area contributed by atoms with Crippen LogP contribution in [0.5, 0.6) is 0 Å². The molecule has 0 unspecified atom stereocenters. The smallest absolute Gasteiger partial charge is 0.300 e. The lowest BCUT2D eigenvalue weighted by Crippen LogP contribution is -1.93. The quantitative estimate of drug-likeness (QED) is 0.696. The molecule has 0 atom stereocenters. The van der Waals surface area contributed by atoms with E-state index in [1.54, 1.807) is 24.3 Å². The first kappa shape index (κ1) is 11.8. The molecule has 2 aromatic carbocycles. The number of fused-ring (bicyclic) bond motifs is 1. The molecule has 0 saturated carbocycles. The minimum Gasteiger partial charge on any atom is -0.423 e. The van der Waals surface area contributed by atoms with E-state index in [-0.39, 0.29) is 11.7 Å². The van der Waals surface area contributed by atoms with Gasteiger partial charge >= 0.3 is 0 Å². The van der Waals surface area contributed by atoms with E-state index in [1.807, 2.05) is 0 Å². The Morgan fingerprint density at radius 1 is 1.21 bits per heavy atom. The first-order valence-corrected chi connectivity index (χ1v) is 5.88. The molecule has 0 spiro atoms. The van der Waals surface area contributed by atoms with Crippen LogP contribution in [0.25, 0.3) is 11.1 Å². The summed E-state index contributed by atoms with van der Waals surface area (Å²) in [4.78, 5) is 4.17. The van der Waals surface area contributed by atoms with Gasteiger partial charge in [-0.2, -0.15) is 4.98 Å². The number of hydrogen-bond donors (Lipinski definition) is 2. The van der Waals surface area contributed by atoms with Crippen LogP contribution in [-0.4, -0.2) is 4.98 Å². The van der Waals surface area contributed by atoms with E-state index in [1.165, 1.54) is 12.1 Å². The van der Waals surface area contributed by atoms with Gasteiger partial charge in [0.2, 0.25) is 0 Å². The Morgan fingerprint density at radius 2 is 2.05 bits per heavy atom. The number of nitrogen functional groups attached to an aromatic ring is 1. The summed E-state index contributed by atoms with van der Waals surface area (Å²) in [6.45, 7) is 0. The second-order valence-corrected chi connectivity index (χ2v) is 4.43. The number of nitrogens with one attached hydrogen (secondary N) is 1. The summed E-state index contributed by atoms with van der Waals surface area (Å²) >= 11 is 5.68. The number of rotatable bonds is 2. The molecule has 0 fully saturated rings. The molecule has 0 aliphatic heterocycles. The Balaban J connectivity index is 1.96. The van der Waals surface area contributed by atoms with Crippen molar-refractivity contribution in [1.82, 2.24) is 4.98 Å². The fourth-order valence-electron chi connectivity index (χ4n) is 1.70. The third-order valence-electron chi connectivity index (χ3n) is 2.58. The third kappa shape index (κ3) is 2.32. The molecule has 1 aromatic heterocycles. The zero-order valence-corrected chi connectivity index (χ0v) is 10.4. The predicted octanol–water partition coefficient (Wildman–Crippen LogP) is 3.95. The van der Waals surface area contributed by atoms with Gasteiger partial charge < -0.3 is 15.5 Å². The molecule has 3 aromatic rings. The molecule has 6 heteroatoms. The molecular formula is C13H9ClFN3O. The van der Waals surface area contributed by atoms with Gasteiger partial charge in [-0.3, -0.25) is 0 Å². The maximum atomic E-state index is 13.6. The van der Waals surface area contributed by atoms with Crippen LogP contribution in [0.3, 0.4) is 0 Å². The van der Waals surface area contributed by atoms with Crippen LogP contribution in [0.1, 0.15) is 0 Å². The minimum absolute atomic E-state index is 0.196. The maximum absolute atomic E-state index is 13.6. The van der Waals surface area contributed by atoms with Crippen molar-refractivity contribution in [1.29, 1.82) is 0 Å². The van der Waals surface area contributed by atoms with Crippen LogP contribution in [0, 0.1) is 5.82 Å². The van der Waals surface area contributed by atoms with Gasteiger partial charge in [-0.05, 0) is 36.4 Å². The third-order valence-corrected chi connectivity index (χ3v) is 2.82. The molecule has 0 radical (unpaired) electrons. The van der Waals surface area contributed by atoms with E-state index in [0.717, 1.165) is 0 Å². The molecule has 96 valence electrons. The van der Waals surface area contributed by atoms with Crippen molar-refractivity contribution in [2.45, 2.75) is 0 Å². The number of benzene rings is 2. The fourth-order valence-corrected chi connectivity index (χ4v) is 1.86. The van der Waals surface area contributed by atoms with Crippen LogP contribution >= 0.6 is 11.6 Å². The fraction of sp³-hybridized carbons (Fsp3) is 0. The van der Waals surface area contributed by atoms with Gasteiger partial charge in [-0.1, -0.05) is 11.6 Å². The van der Waals surface area contributed by atoms with Crippen molar-refractivity contribution in [2.75, 3.05) is 11.1 Å². The summed E-state index contributed by atoms with van der Waals surface area (Å²) in [6.07, 6.45) is 0. The highest BCUT2D eigenvalue weighted by Crippen LogP contribution is 2.26. The van der Waals surface area contributed by atoms with Crippen LogP contribution in [0.15, 0.2) is 40.8 Å². The standard InChI is InChI=1S/C13H9ClFN3O/c14-7-1-3-10(9(15)5-7)17-13-18-11-6-8(16)2-4-12(11)19-13/h1-6H,16H2,(H,17,18). The van der Waals surface area contributed by atoms with Gasteiger partial charge in [-0.15, -0.1) is 0 Å². The first-order chi connectivity index (χ1) is 9.11. The van der Waals surface area contributed by atoms with E-state index in [9.17, 15) is 4.39 Å². The van der Waals surface area contributed by atoms with Gasteiger partial charge in [0.05, 0.1) is 5.69 Å². The van der Waals surface area contributed by atoms with Crippen molar-refractivity contribution < 1.29 is 8.81 Å². The Bertz CT molecular complexity index is 757. The zero-order valence-electron chi connectivity index (χ0n) is 9.65. The summed E-state index contributed by atoms with van der Waals surface area (Å²) in [5, 5.41) is 3.08. The maximum Gasteiger partial charge on any atom is 0.300 e. The van der Waals surface area contributed by atoms with Gasteiger partial charge in [-0.25, -0.2) is 4.39 Å². The van der Waals surface area contributed by atoms with Crippen molar-refractivity contribution in [2.24, 2.45) is 0 Å². The van der Waals surface area contributed by atoms with Crippen LogP contribution in [0.2, 0.25) is 5.02 Å². The normalized spacial score (nSPS) is 10.8. The zero-order chi connectivity index (χ0) is 13.4. The number of anilines is 3. The average Bonchev–Trinajstić information content (AvgIpc) is 2.74. The lowest BCUT2D eigenvalue weighted by atomic mass is 10.3. The van der Waals surface area contributed by atoms with E-state index in [4.69, 9.17) is 21.8 Å². The van der Waals surface area contributed by atoms with Crippen LogP contribution in [-0.2, 0) is 0 Å². The number of oxazole rings is 1. The largest absolute Gasteiger partial charge is 0.423 e. The van der Waals surface area contributed by atoms with Gasteiger partial charge in [0, 0.05) is 10.7 Å². The Labute approximate surface area is 113 Å². The van der Waals surface area contributed by atoms with Gasteiger partial charge in [0.1, 0.15) is 11.3 Å². The highest BCUT2D eigenvalue weighted by atomic mass is 35.5.